The summed E-state index contributed by atoms with van der Waals surface area (Å²) in [5.41, 5.74) is 11.7. The first kappa shape index (κ1) is 14.8. The van der Waals surface area contributed by atoms with E-state index < -0.39 is 5.91 Å². The van der Waals surface area contributed by atoms with Crippen LogP contribution in [0.25, 0.3) is 0 Å². The van der Waals surface area contributed by atoms with Gasteiger partial charge in [0.15, 0.2) is 5.82 Å². The van der Waals surface area contributed by atoms with E-state index in [9.17, 15) is 9.59 Å². The lowest BCUT2D eigenvalue weighted by atomic mass is 10.2. The summed E-state index contributed by atoms with van der Waals surface area (Å²) in [6, 6.07) is 6.32. The molecule has 0 saturated carbocycles. The quantitative estimate of drug-likeness (QED) is 0.705. The van der Waals surface area contributed by atoms with E-state index in [4.69, 9.17) is 11.5 Å². The summed E-state index contributed by atoms with van der Waals surface area (Å²) < 4.78 is 0. The summed E-state index contributed by atoms with van der Waals surface area (Å²) in [7, 11) is 0. The molecule has 8 heteroatoms. The fraction of sp³-hybridized carbons (Fsp3) is 0.0769. The number of nitrogens with one attached hydrogen (secondary N) is 1. The fourth-order valence-electron chi connectivity index (χ4n) is 1.50. The topological polar surface area (TPSA) is 124 Å². The maximum atomic E-state index is 11.8. The molecule has 0 aliphatic carbocycles. The molecule has 1 aromatic heterocycles. The molecule has 0 aliphatic rings. The van der Waals surface area contributed by atoms with E-state index in [1.165, 1.54) is 24.2 Å². The molecular weight excluding hydrogens is 290 g/mol. The van der Waals surface area contributed by atoms with Crippen LogP contribution in [0.15, 0.2) is 41.7 Å². The third-order valence-corrected chi connectivity index (χ3v) is 3.48. The summed E-state index contributed by atoms with van der Waals surface area (Å²) in [6.45, 7) is 0. The minimum atomic E-state index is -0.512. The molecule has 21 heavy (non-hydrogen) atoms. The minimum absolute atomic E-state index is 0.153. The molecule has 1 heterocycles. The first-order valence-electron chi connectivity index (χ1n) is 5.95. The van der Waals surface area contributed by atoms with Crippen molar-refractivity contribution >= 4 is 35.1 Å². The van der Waals surface area contributed by atoms with Gasteiger partial charge in [-0.05, 0) is 24.3 Å². The molecule has 108 valence electrons. The summed E-state index contributed by atoms with van der Waals surface area (Å²) >= 11 is 1.20. The second-order valence-corrected chi connectivity index (χ2v) is 4.99. The van der Waals surface area contributed by atoms with Crippen LogP contribution in [0, 0.1) is 0 Å². The van der Waals surface area contributed by atoms with Gasteiger partial charge in [-0.3, -0.25) is 9.59 Å². The molecule has 0 fully saturated rings. The predicted molar refractivity (Wildman–Crippen MR) is 80.8 cm³/mol. The van der Waals surface area contributed by atoms with Crippen molar-refractivity contribution in [2.45, 2.75) is 5.03 Å². The molecule has 2 amide bonds. The maximum Gasteiger partial charge on any atom is 0.248 e. The molecule has 0 aliphatic heterocycles. The lowest BCUT2D eigenvalue weighted by Crippen LogP contribution is -2.15. The Balaban J connectivity index is 1.90. The molecule has 0 saturated heterocycles. The Kier molecular flexibility index (Phi) is 4.72. The van der Waals surface area contributed by atoms with E-state index in [1.807, 2.05) is 0 Å². The Morgan fingerprint density at radius 3 is 2.43 bits per heavy atom. The van der Waals surface area contributed by atoms with Crippen molar-refractivity contribution in [3.05, 3.63) is 42.2 Å². The Bertz CT molecular complexity index is 660. The summed E-state index contributed by atoms with van der Waals surface area (Å²) in [5.74, 6) is -0.278. The molecule has 2 rings (SSSR count). The average Bonchev–Trinajstić information content (AvgIpc) is 2.47. The smallest absolute Gasteiger partial charge is 0.248 e. The number of nitrogens with two attached hydrogens (primary N) is 2. The highest BCUT2D eigenvalue weighted by atomic mass is 32.2. The number of aromatic nitrogens is 2. The van der Waals surface area contributed by atoms with Crippen LogP contribution in [-0.4, -0.2) is 27.5 Å². The third-order valence-electron chi connectivity index (χ3n) is 2.48. The molecule has 0 unspecified atom stereocenters. The number of carbonyl (C=O) groups is 2. The highest BCUT2D eigenvalue weighted by Crippen LogP contribution is 2.19. The van der Waals surface area contributed by atoms with Gasteiger partial charge in [0.2, 0.25) is 11.8 Å². The van der Waals surface area contributed by atoms with E-state index in [0.717, 1.165) is 0 Å². The highest BCUT2D eigenvalue weighted by molar-refractivity contribution is 8.00. The van der Waals surface area contributed by atoms with Gasteiger partial charge >= 0.3 is 0 Å². The van der Waals surface area contributed by atoms with E-state index in [2.05, 4.69) is 15.3 Å². The van der Waals surface area contributed by atoms with Crippen LogP contribution in [0.1, 0.15) is 10.4 Å². The van der Waals surface area contributed by atoms with Gasteiger partial charge in [0.05, 0.1) is 5.75 Å². The highest BCUT2D eigenvalue weighted by Gasteiger charge is 2.08. The molecule has 0 bridgehead atoms. The second kappa shape index (κ2) is 6.71. The molecule has 2 aromatic rings. The van der Waals surface area contributed by atoms with Crippen molar-refractivity contribution in [2.24, 2.45) is 5.73 Å². The van der Waals surface area contributed by atoms with E-state index in [0.29, 0.717) is 22.1 Å². The number of hydrogen-bond donors (Lipinski definition) is 3. The molecule has 7 nitrogen and oxygen atoms in total. The minimum Gasteiger partial charge on any atom is -0.381 e. The summed E-state index contributed by atoms with van der Waals surface area (Å²) in [5, 5.41) is 3.21. The zero-order chi connectivity index (χ0) is 15.2. The number of hydrogen-bond acceptors (Lipinski definition) is 6. The van der Waals surface area contributed by atoms with Gasteiger partial charge in [-0.1, -0.05) is 11.8 Å². The van der Waals surface area contributed by atoms with Crippen molar-refractivity contribution in [3.8, 4) is 0 Å². The third kappa shape index (κ3) is 4.18. The number of rotatable bonds is 5. The predicted octanol–water partition coefficient (Wildman–Crippen LogP) is 0.888. The van der Waals surface area contributed by atoms with Gasteiger partial charge in [0, 0.05) is 23.6 Å². The van der Waals surface area contributed by atoms with Gasteiger partial charge in [-0.15, -0.1) is 0 Å². The van der Waals surface area contributed by atoms with Crippen molar-refractivity contribution in [1.29, 1.82) is 0 Å². The van der Waals surface area contributed by atoms with Crippen LogP contribution in [0.2, 0.25) is 0 Å². The number of amides is 2. The van der Waals surface area contributed by atoms with Gasteiger partial charge in [0.1, 0.15) is 5.03 Å². The molecule has 0 spiro atoms. The van der Waals surface area contributed by atoms with Gasteiger partial charge < -0.3 is 16.8 Å². The Morgan fingerprint density at radius 1 is 1.14 bits per heavy atom. The van der Waals surface area contributed by atoms with Crippen molar-refractivity contribution in [2.75, 3.05) is 16.8 Å². The van der Waals surface area contributed by atoms with Crippen LogP contribution in [0.5, 0.6) is 0 Å². The number of benzene rings is 1. The molecule has 0 atom stereocenters. The molecule has 0 radical (unpaired) electrons. The summed E-state index contributed by atoms with van der Waals surface area (Å²) in [4.78, 5) is 30.7. The standard InChI is InChI=1S/C13H13N5O2S/c14-11-13(17-6-5-16-11)21-7-10(19)18-9-3-1-8(2-4-9)12(15)20/h1-6H,7H2,(H2,14,16)(H2,15,20)(H,18,19). The number of carbonyl (C=O) groups excluding carboxylic acids is 2. The molecule has 1 aromatic carbocycles. The van der Waals surface area contributed by atoms with E-state index in [-0.39, 0.29) is 11.7 Å². The molecular formula is C13H13N5O2S. The Hall–Kier alpha value is -2.61. The first-order valence-corrected chi connectivity index (χ1v) is 6.94. The van der Waals surface area contributed by atoms with Crippen molar-refractivity contribution in [1.82, 2.24) is 9.97 Å². The number of nitrogens with zero attached hydrogens (tertiary/aromatic N) is 2. The Labute approximate surface area is 125 Å². The monoisotopic (exact) mass is 303 g/mol. The second-order valence-electron chi connectivity index (χ2n) is 4.03. The van der Waals surface area contributed by atoms with E-state index >= 15 is 0 Å². The SMILES string of the molecule is NC(=O)c1ccc(NC(=O)CSc2nccnc2N)cc1. The lowest BCUT2D eigenvalue weighted by molar-refractivity contribution is -0.113. The van der Waals surface area contributed by atoms with Gasteiger partial charge in [-0.25, -0.2) is 9.97 Å². The number of thioether (sulfide) groups is 1. The van der Waals surface area contributed by atoms with Gasteiger partial charge in [0.25, 0.3) is 0 Å². The Morgan fingerprint density at radius 2 is 1.81 bits per heavy atom. The zero-order valence-electron chi connectivity index (χ0n) is 10.9. The lowest BCUT2D eigenvalue weighted by Gasteiger charge is -2.06. The largest absolute Gasteiger partial charge is 0.381 e. The number of anilines is 2. The maximum absolute atomic E-state index is 11.8. The first-order chi connectivity index (χ1) is 10.1. The average molecular weight is 303 g/mol. The van der Waals surface area contributed by atoms with Crippen LogP contribution < -0.4 is 16.8 Å². The van der Waals surface area contributed by atoms with Gasteiger partial charge in [-0.2, -0.15) is 0 Å². The van der Waals surface area contributed by atoms with E-state index in [1.54, 1.807) is 24.3 Å². The van der Waals surface area contributed by atoms with Crippen LogP contribution >= 0.6 is 11.8 Å². The number of nitrogen functional groups attached to an aromatic ring is 1. The van der Waals surface area contributed by atoms with Crippen LogP contribution in [0.3, 0.4) is 0 Å². The van der Waals surface area contributed by atoms with Crippen molar-refractivity contribution in [3.63, 3.8) is 0 Å². The number of primary amides is 1. The summed E-state index contributed by atoms with van der Waals surface area (Å²) in [6.07, 6.45) is 3.00. The van der Waals surface area contributed by atoms with Crippen LogP contribution in [0.4, 0.5) is 11.5 Å². The van der Waals surface area contributed by atoms with Crippen molar-refractivity contribution < 1.29 is 9.59 Å². The fourth-order valence-corrected chi connectivity index (χ4v) is 2.17. The normalized spacial score (nSPS) is 10.1. The van der Waals surface area contributed by atoms with Crippen LogP contribution in [-0.2, 0) is 4.79 Å². The molecule has 5 N–H and O–H groups in total. The zero-order valence-corrected chi connectivity index (χ0v) is 11.8.